The highest BCUT2D eigenvalue weighted by Crippen LogP contribution is 2.40. The molecule has 0 spiro atoms. The van der Waals surface area contributed by atoms with Gasteiger partial charge in [0.2, 0.25) is 11.8 Å². The molecule has 0 saturated carbocycles. The molecule has 0 aromatic heterocycles. The molecule has 0 radical (unpaired) electrons. The van der Waals surface area contributed by atoms with Crippen LogP contribution < -0.4 is 9.64 Å². The van der Waals surface area contributed by atoms with E-state index in [4.69, 9.17) is 4.74 Å². The molecule has 0 fully saturated rings. The number of anilines is 1. The van der Waals surface area contributed by atoms with Gasteiger partial charge in [-0.2, -0.15) is 13.2 Å². The van der Waals surface area contributed by atoms with Crippen molar-refractivity contribution < 1.29 is 27.5 Å². The van der Waals surface area contributed by atoms with Crippen LogP contribution in [0, 0.1) is 0 Å². The summed E-state index contributed by atoms with van der Waals surface area (Å²) >= 11 is 0. The van der Waals surface area contributed by atoms with Crippen LogP contribution in [0.1, 0.15) is 36.1 Å². The third-order valence-corrected chi connectivity index (χ3v) is 5.64. The number of carbonyl (C=O) groups excluding carboxylic acids is 2. The monoisotopic (exact) mass is 418 g/mol. The molecule has 5 nitrogen and oxygen atoms in total. The molecule has 0 aliphatic carbocycles. The van der Waals surface area contributed by atoms with Crippen LogP contribution in [0.25, 0.3) is 0 Å². The zero-order chi connectivity index (χ0) is 21.5. The van der Waals surface area contributed by atoms with Crippen LogP contribution in [0.15, 0.2) is 42.5 Å². The first kappa shape index (κ1) is 20.3. The van der Waals surface area contributed by atoms with Gasteiger partial charge in [0, 0.05) is 13.5 Å². The van der Waals surface area contributed by atoms with Crippen LogP contribution >= 0.6 is 0 Å². The van der Waals surface area contributed by atoms with Crippen LogP contribution in [0.4, 0.5) is 18.9 Å². The zero-order valence-electron chi connectivity index (χ0n) is 16.4. The first-order valence-corrected chi connectivity index (χ1v) is 9.75. The Kier molecular flexibility index (Phi) is 5.17. The second kappa shape index (κ2) is 7.66. The molecule has 2 aromatic carbocycles. The van der Waals surface area contributed by atoms with E-state index in [1.54, 1.807) is 4.90 Å². The lowest BCUT2D eigenvalue weighted by molar-refractivity contribution is -0.138. The van der Waals surface area contributed by atoms with Gasteiger partial charge in [0.15, 0.2) is 0 Å². The van der Waals surface area contributed by atoms with Gasteiger partial charge in [0.25, 0.3) is 0 Å². The fourth-order valence-electron chi connectivity index (χ4n) is 4.18. The van der Waals surface area contributed by atoms with Crippen LogP contribution in [-0.4, -0.2) is 36.4 Å². The maximum absolute atomic E-state index is 13.2. The van der Waals surface area contributed by atoms with Gasteiger partial charge in [0.1, 0.15) is 12.4 Å². The van der Waals surface area contributed by atoms with E-state index >= 15 is 0 Å². The molecule has 2 aromatic rings. The summed E-state index contributed by atoms with van der Waals surface area (Å²) in [4.78, 5) is 28.4. The van der Waals surface area contributed by atoms with Gasteiger partial charge in [-0.25, -0.2) is 0 Å². The molecule has 0 bridgehead atoms. The summed E-state index contributed by atoms with van der Waals surface area (Å²) in [6.45, 7) is 2.32. The predicted octanol–water partition coefficient (Wildman–Crippen LogP) is 3.97. The quantitative estimate of drug-likeness (QED) is 0.742. The SMILES string of the molecule is CC(=O)N1CCc2ccccc2C1CC(=O)N1CCOc2ccc(C(F)(F)F)cc21. The average molecular weight is 418 g/mol. The van der Waals surface area contributed by atoms with Crippen molar-refractivity contribution in [2.75, 3.05) is 24.6 Å². The largest absolute Gasteiger partial charge is 0.490 e. The summed E-state index contributed by atoms with van der Waals surface area (Å²) in [6.07, 6.45) is -3.82. The highest BCUT2D eigenvalue weighted by Gasteiger charge is 2.36. The van der Waals surface area contributed by atoms with Crippen LogP contribution in [-0.2, 0) is 22.2 Å². The topological polar surface area (TPSA) is 49.9 Å². The summed E-state index contributed by atoms with van der Waals surface area (Å²) < 4.78 is 45.0. The fourth-order valence-corrected chi connectivity index (χ4v) is 4.18. The number of halogens is 3. The van der Waals surface area contributed by atoms with Crippen molar-refractivity contribution in [1.29, 1.82) is 0 Å². The average Bonchev–Trinajstić information content (AvgIpc) is 2.72. The zero-order valence-corrected chi connectivity index (χ0v) is 16.4. The Bertz CT molecular complexity index is 990. The molecule has 158 valence electrons. The number of carbonyl (C=O) groups is 2. The number of hydrogen-bond donors (Lipinski definition) is 0. The molecule has 2 aliphatic heterocycles. The standard InChI is InChI=1S/C22H21F3N2O3/c1-14(28)26-9-8-15-4-2-3-5-17(15)18(26)13-21(29)27-10-11-30-20-7-6-16(12-19(20)27)22(23,24)25/h2-7,12,18H,8-11,13H2,1H3. The van der Waals surface area contributed by atoms with Crippen molar-refractivity contribution in [2.45, 2.75) is 32.0 Å². The molecule has 0 saturated heterocycles. The summed E-state index contributed by atoms with van der Waals surface area (Å²) in [5.41, 5.74) is 1.26. The summed E-state index contributed by atoms with van der Waals surface area (Å²) in [6, 6.07) is 10.3. The molecule has 2 aliphatic rings. The summed E-state index contributed by atoms with van der Waals surface area (Å²) in [5, 5.41) is 0. The minimum atomic E-state index is -4.52. The summed E-state index contributed by atoms with van der Waals surface area (Å²) in [5.74, 6) is -0.231. The van der Waals surface area contributed by atoms with E-state index in [0.29, 0.717) is 13.0 Å². The third kappa shape index (κ3) is 3.74. The van der Waals surface area contributed by atoms with Gasteiger partial charge in [-0.15, -0.1) is 0 Å². The second-order valence-electron chi connectivity index (χ2n) is 7.46. The summed E-state index contributed by atoms with van der Waals surface area (Å²) in [7, 11) is 0. The Labute approximate surface area is 172 Å². The lowest BCUT2D eigenvalue weighted by atomic mass is 9.90. The van der Waals surface area contributed by atoms with E-state index in [2.05, 4.69) is 0 Å². The Morgan fingerprint density at radius 2 is 1.90 bits per heavy atom. The van der Waals surface area contributed by atoms with E-state index in [9.17, 15) is 22.8 Å². The molecule has 4 rings (SSSR count). The predicted molar refractivity (Wildman–Crippen MR) is 104 cm³/mol. The number of alkyl halides is 3. The van der Waals surface area contributed by atoms with E-state index in [1.165, 1.54) is 17.9 Å². The highest BCUT2D eigenvalue weighted by molar-refractivity contribution is 5.96. The van der Waals surface area contributed by atoms with Crippen LogP contribution in [0.5, 0.6) is 5.75 Å². The minimum Gasteiger partial charge on any atom is -0.490 e. The normalized spacial score (nSPS) is 18.3. The van der Waals surface area contributed by atoms with Crippen molar-refractivity contribution in [3.8, 4) is 5.75 Å². The maximum atomic E-state index is 13.2. The van der Waals surface area contributed by atoms with E-state index in [-0.39, 0.29) is 42.8 Å². The van der Waals surface area contributed by atoms with Gasteiger partial charge in [0.05, 0.1) is 30.3 Å². The second-order valence-corrected chi connectivity index (χ2v) is 7.46. The smallest absolute Gasteiger partial charge is 0.416 e. The Hall–Kier alpha value is -3.03. The number of benzene rings is 2. The Balaban J connectivity index is 1.65. The van der Waals surface area contributed by atoms with E-state index < -0.39 is 17.8 Å². The molecule has 1 atom stereocenters. The number of nitrogens with zero attached hydrogens (tertiary/aromatic N) is 2. The first-order chi connectivity index (χ1) is 14.3. The van der Waals surface area contributed by atoms with Gasteiger partial charge in [-0.3, -0.25) is 9.59 Å². The van der Waals surface area contributed by atoms with Gasteiger partial charge in [-0.05, 0) is 35.7 Å². The number of hydrogen-bond acceptors (Lipinski definition) is 3. The van der Waals surface area contributed by atoms with Crippen molar-refractivity contribution in [3.05, 3.63) is 59.2 Å². The third-order valence-electron chi connectivity index (χ3n) is 5.64. The van der Waals surface area contributed by atoms with Crippen LogP contribution in [0.3, 0.4) is 0 Å². The number of rotatable bonds is 2. The maximum Gasteiger partial charge on any atom is 0.416 e. The van der Waals surface area contributed by atoms with E-state index in [0.717, 1.165) is 23.3 Å². The molecule has 1 unspecified atom stereocenters. The molecule has 2 amide bonds. The molecule has 30 heavy (non-hydrogen) atoms. The number of ether oxygens (including phenoxy) is 1. The first-order valence-electron chi connectivity index (χ1n) is 9.75. The highest BCUT2D eigenvalue weighted by atomic mass is 19.4. The van der Waals surface area contributed by atoms with E-state index in [1.807, 2.05) is 24.3 Å². The van der Waals surface area contributed by atoms with Crippen molar-refractivity contribution in [1.82, 2.24) is 4.90 Å². The van der Waals surface area contributed by atoms with Gasteiger partial charge < -0.3 is 14.5 Å². The van der Waals surface area contributed by atoms with Crippen LogP contribution in [0.2, 0.25) is 0 Å². The number of fused-ring (bicyclic) bond motifs is 2. The Morgan fingerprint density at radius 1 is 1.13 bits per heavy atom. The molecular weight excluding hydrogens is 397 g/mol. The van der Waals surface area contributed by atoms with Gasteiger partial charge in [-0.1, -0.05) is 24.3 Å². The fraction of sp³-hybridized carbons (Fsp3) is 0.364. The molecule has 0 N–H and O–H groups in total. The number of amides is 2. The molecule has 8 heteroatoms. The minimum absolute atomic E-state index is 0.00766. The lowest BCUT2D eigenvalue weighted by Crippen LogP contribution is -2.44. The molecular formula is C22H21F3N2O3. The molecule has 2 heterocycles. The Morgan fingerprint density at radius 3 is 2.63 bits per heavy atom. The lowest BCUT2D eigenvalue weighted by Gasteiger charge is -2.38. The van der Waals surface area contributed by atoms with Crippen molar-refractivity contribution in [3.63, 3.8) is 0 Å². The van der Waals surface area contributed by atoms with Gasteiger partial charge >= 0.3 is 6.18 Å². The van der Waals surface area contributed by atoms with Crippen molar-refractivity contribution in [2.24, 2.45) is 0 Å². The van der Waals surface area contributed by atoms with Crippen molar-refractivity contribution >= 4 is 17.5 Å².